The lowest BCUT2D eigenvalue weighted by atomic mass is 10.0. The minimum Gasteiger partial charge on any atom is -0.357 e. The first-order valence-corrected chi connectivity index (χ1v) is 6.87. The van der Waals surface area contributed by atoms with Crippen LogP contribution in [0.5, 0.6) is 0 Å². The molecule has 0 spiro atoms. The molecule has 2 fully saturated rings. The number of thiol groups is 1. The van der Waals surface area contributed by atoms with Gasteiger partial charge in [0.1, 0.15) is 6.04 Å². The molecule has 1 unspecified atom stereocenters. The molecule has 0 aromatic carbocycles. The summed E-state index contributed by atoms with van der Waals surface area (Å²) in [5.41, 5.74) is 0.135. The lowest BCUT2D eigenvalue weighted by Crippen LogP contribution is -2.45. The van der Waals surface area contributed by atoms with Gasteiger partial charge in [-0.25, -0.2) is 0 Å². The van der Waals surface area contributed by atoms with E-state index in [1.165, 1.54) is 0 Å². The van der Waals surface area contributed by atoms with Gasteiger partial charge in [0.2, 0.25) is 11.8 Å². The van der Waals surface area contributed by atoms with Crippen molar-refractivity contribution in [1.82, 2.24) is 10.2 Å². The van der Waals surface area contributed by atoms with Crippen LogP contribution < -0.4 is 5.32 Å². The van der Waals surface area contributed by atoms with Gasteiger partial charge in [-0.2, -0.15) is 12.6 Å². The summed E-state index contributed by atoms with van der Waals surface area (Å²) in [5, 5.41) is 2.64. The van der Waals surface area contributed by atoms with Crippen LogP contribution in [-0.2, 0) is 9.59 Å². The van der Waals surface area contributed by atoms with E-state index in [-0.39, 0.29) is 23.3 Å². The predicted octanol–water partition coefficient (Wildman–Crippen LogP) is 0.823. The molecule has 1 saturated heterocycles. The molecule has 4 nitrogen and oxygen atoms in total. The van der Waals surface area contributed by atoms with Crippen LogP contribution in [0.1, 0.15) is 32.1 Å². The van der Waals surface area contributed by atoms with Crippen LogP contribution >= 0.6 is 12.6 Å². The topological polar surface area (TPSA) is 49.4 Å². The molecule has 0 aromatic rings. The number of rotatable bonds is 4. The van der Waals surface area contributed by atoms with Crippen LogP contribution in [0.4, 0.5) is 0 Å². The number of likely N-dealkylation sites (N-methyl/N-ethyl adjacent to an activating group) is 1. The summed E-state index contributed by atoms with van der Waals surface area (Å²) in [7, 11) is 1.62. The van der Waals surface area contributed by atoms with E-state index < -0.39 is 0 Å². The molecule has 1 N–H and O–H groups in total. The number of likely N-dealkylation sites (tertiary alicyclic amines) is 1. The van der Waals surface area contributed by atoms with Gasteiger partial charge >= 0.3 is 0 Å². The summed E-state index contributed by atoms with van der Waals surface area (Å²) in [6, 6.07) is -0.247. The Morgan fingerprint density at radius 2 is 2.18 bits per heavy atom. The highest BCUT2D eigenvalue weighted by atomic mass is 32.1. The van der Waals surface area contributed by atoms with Crippen molar-refractivity contribution in [2.45, 2.75) is 38.1 Å². The first kappa shape index (κ1) is 12.7. The van der Waals surface area contributed by atoms with Crippen LogP contribution in [0.25, 0.3) is 0 Å². The van der Waals surface area contributed by atoms with Gasteiger partial charge in [-0.15, -0.1) is 0 Å². The van der Waals surface area contributed by atoms with Crippen molar-refractivity contribution in [3.05, 3.63) is 0 Å². The third-order valence-corrected chi connectivity index (χ3v) is 4.61. The fourth-order valence-electron chi connectivity index (χ4n) is 2.49. The Morgan fingerprint density at radius 1 is 1.47 bits per heavy atom. The van der Waals surface area contributed by atoms with Gasteiger partial charge < -0.3 is 10.2 Å². The number of amides is 2. The molecule has 0 aromatic heterocycles. The zero-order valence-corrected chi connectivity index (χ0v) is 11.1. The number of hydrogen-bond donors (Lipinski definition) is 2. The standard InChI is InChI=1S/C12H20N2O2S/c1-13-11(16)9-3-2-6-14(9)10(15)7-12(8-17)4-5-12/h9,17H,2-8H2,1H3,(H,13,16). The number of nitrogens with one attached hydrogen (secondary N) is 1. The molecule has 2 rings (SSSR count). The van der Waals surface area contributed by atoms with Gasteiger partial charge in [-0.1, -0.05) is 0 Å². The normalized spacial score (nSPS) is 25.8. The van der Waals surface area contributed by atoms with Crippen molar-refractivity contribution in [3.8, 4) is 0 Å². The smallest absolute Gasteiger partial charge is 0.242 e. The summed E-state index contributed by atoms with van der Waals surface area (Å²) in [6.07, 6.45) is 4.47. The van der Waals surface area contributed by atoms with Gasteiger partial charge in [-0.3, -0.25) is 9.59 Å². The third-order valence-electron chi connectivity index (χ3n) is 3.94. The molecule has 2 amide bonds. The maximum absolute atomic E-state index is 12.2. The molecular weight excluding hydrogens is 236 g/mol. The minimum absolute atomic E-state index is 0.0356. The number of carbonyl (C=O) groups excluding carboxylic acids is 2. The molecule has 1 aliphatic heterocycles. The molecule has 5 heteroatoms. The van der Waals surface area contributed by atoms with E-state index in [4.69, 9.17) is 0 Å². The van der Waals surface area contributed by atoms with E-state index in [9.17, 15) is 9.59 Å². The summed E-state index contributed by atoms with van der Waals surface area (Å²) in [6.45, 7) is 0.722. The van der Waals surface area contributed by atoms with Crippen molar-refractivity contribution in [1.29, 1.82) is 0 Å². The van der Waals surface area contributed by atoms with Gasteiger partial charge in [0, 0.05) is 20.0 Å². The van der Waals surface area contributed by atoms with Crippen molar-refractivity contribution >= 4 is 24.4 Å². The van der Waals surface area contributed by atoms with Crippen LogP contribution in [0.15, 0.2) is 0 Å². The highest BCUT2D eigenvalue weighted by molar-refractivity contribution is 7.80. The second kappa shape index (κ2) is 4.88. The van der Waals surface area contributed by atoms with Gasteiger partial charge in [0.25, 0.3) is 0 Å². The maximum Gasteiger partial charge on any atom is 0.242 e. The summed E-state index contributed by atoms with van der Waals surface area (Å²) < 4.78 is 0. The number of hydrogen-bond acceptors (Lipinski definition) is 3. The maximum atomic E-state index is 12.2. The van der Waals surface area contributed by atoms with Crippen LogP contribution in [-0.4, -0.2) is 42.1 Å². The molecule has 2 aliphatic rings. The molecule has 0 bridgehead atoms. The average Bonchev–Trinajstić information content (AvgIpc) is 2.93. The SMILES string of the molecule is CNC(=O)C1CCCN1C(=O)CC1(CS)CC1. The predicted molar refractivity (Wildman–Crippen MR) is 68.9 cm³/mol. The van der Waals surface area contributed by atoms with Crippen molar-refractivity contribution in [2.24, 2.45) is 5.41 Å². The molecule has 1 atom stereocenters. The number of carbonyl (C=O) groups is 2. The van der Waals surface area contributed by atoms with E-state index in [1.807, 2.05) is 0 Å². The summed E-state index contributed by atoms with van der Waals surface area (Å²) in [5.74, 6) is 0.867. The molecule has 0 radical (unpaired) electrons. The van der Waals surface area contributed by atoms with E-state index in [1.54, 1.807) is 11.9 Å². The van der Waals surface area contributed by atoms with Crippen molar-refractivity contribution in [2.75, 3.05) is 19.3 Å². The summed E-state index contributed by atoms with van der Waals surface area (Å²) >= 11 is 4.31. The Labute approximate surface area is 108 Å². The quantitative estimate of drug-likeness (QED) is 0.732. The largest absolute Gasteiger partial charge is 0.357 e. The second-order valence-corrected chi connectivity index (χ2v) is 5.51. The second-order valence-electron chi connectivity index (χ2n) is 5.19. The number of nitrogens with zero attached hydrogens (tertiary/aromatic N) is 1. The van der Waals surface area contributed by atoms with Gasteiger partial charge in [-0.05, 0) is 36.9 Å². The van der Waals surface area contributed by atoms with E-state index >= 15 is 0 Å². The van der Waals surface area contributed by atoms with Gasteiger partial charge in [0.05, 0.1) is 0 Å². The fraction of sp³-hybridized carbons (Fsp3) is 0.833. The summed E-state index contributed by atoms with van der Waals surface area (Å²) in [4.78, 5) is 25.6. The van der Waals surface area contributed by atoms with Crippen LogP contribution in [0, 0.1) is 5.41 Å². The Hall–Kier alpha value is -0.710. The van der Waals surface area contributed by atoms with E-state index in [2.05, 4.69) is 17.9 Å². The zero-order chi connectivity index (χ0) is 12.5. The Bertz CT molecular complexity index is 328. The molecular formula is C12H20N2O2S. The lowest BCUT2D eigenvalue weighted by Gasteiger charge is -2.25. The Balaban J connectivity index is 1.96. The van der Waals surface area contributed by atoms with Crippen LogP contribution in [0.2, 0.25) is 0 Å². The monoisotopic (exact) mass is 256 g/mol. The lowest BCUT2D eigenvalue weighted by molar-refractivity contribution is -0.139. The van der Waals surface area contributed by atoms with E-state index in [0.717, 1.165) is 38.0 Å². The minimum atomic E-state index is -0.247. The van der Waals surface area contributed by atoms with Crippen LogP contribution in [0.3, 0.4) is 0 Å². The van der Waals surface area contributed by atoms with Crippen molar-refractivity contribution < 1.29 is 9.59 Å². The first-order chi connectivity index (χ1) is 8.12. The van der Waals surface area contributed by atoms with Crippen molar-refractivity contribution in [3.63, 3.8) is 0 Å². The zero-order valence-electron chi connectivity index (χ0n) is 10.2. The van der Waals surface area contributed by atoms with Gasteiger partial charge in [0.15, 0.2) is 0 Å². The molecule has 1 saturated carbocycles. The average molecular weight is 256 g/mol. The Morgan fingerprint density at radius 3 is 2.71 bits per heavy atom. The highest BCUT2D eigenvalue weighted by Gasteiger charge is 2.45. The molecule has 1 heterocycles. The Kier molecular flexibility index (Phi) is 3.66. The fourth-order valence-corrected chi connectivity index (χ4v) is 2.92. The first-order valence-electron chi connectivity index (χ1n) is 6.24. The van der Waals surface area contributed by atoms with E-state index in [0.29, 0.717) is 6.42 Å². The third kappa shape index (κ3) is 2.59. The molecule has 17 heavy (non-hydrogen) atoms. The molecule has 1 aliphatic carbocycles. The molecule has 96 valence electrons. The highest BCUT2D eigenvalue weighted by Crippen LogP contribution is 2.50.